The molecular formula is C22H30Cl2N4O2. The summed E-state index contributed by atoms with van der Waals surface area (Å²) in [5, 5.41) is 2.92. The Balaban J connectivity index is 0.00000225. The first kappa shape index (κ1) is 25.8. The summed E-state index contributed by atoms with van der Waals surface area (Å²) in [4.78, 5) is 28.9. The van der Waals surface area contributed by atoms with E-state index in [-0.39, 0.29) is 36.6 Å². The molecule has 0 aliphatic carbocycles. The Morgan fingerprint density at radius 2 is 1.70 bits per heavy atom. The number of aryl methyl sites for hydroxylation is 1. The number of piperazine rings is 1. The fourth-order valence-electron chi connectivity index (χ4n) is 3.33. The number of carbonyl (C=O) groups excluding carboxylic acids is 2. The number of amides is 2. The lowest BCUT2D eigenvalue weighted by molar-refractivity contribution is -0.132. The van der Waals surface area contributed by atoms with Gasteiger partial charge in [-0.2, -0.15) is 0 Å². The zero-order chi connectivity index (χ0) is 19.9. The number of carbonyl (C=O) groups is 2. The van der Waals surface area contributed by atoms with E-state index in [1.807, 2.05) is 53.4 Å². The number of likely N-dealkylation sites (N-methyl/N-ethyl adjacent to an activating group) is 1. The predicted molar refractivity (Wildman–Crippen MR) is 127 cm³/mol. The third-order valence-corrected chi connectivity index (χ3v) is 5.10. The van der Waals surface area contributed by atoms with Crippen LogP contribution in [0, 0.1) is 0 Å². The Hall–Kier alpha value is -2.28. The van der Waals surface area contributed by atoms with E-state index in [1.165, 1.54) is 0 Å². The summed E-state index contributed by atoms with van der Waals surface area (Å²) in [7, 11) is 2.07. The van der Waals surface area contributed by atoms with Crippen LogP contribution in [-0.4, -0.2) is 54.8 Å². The summed E-state index contributed by atoms with van der Waals surface area (Å²) < 4.78 is 0. The van der Waals surface area contributed by atoms with Crippen LogP contribution in [0.5, 0.6) is 0 Å². The number of nitrogens with two attached hydrogens (primary N) is 1. The maximum Gasteiger partial charge on any atom is 0.227 e. The fourth-order valence-corrected chi connectivity index (χ4v) is 3.33. The van der Waals surface area contributed by atoms with Crippen LogP contribution in [0.2, 0.25) is 0 Å². The number of hydrogen-bond donors (Lipinski definition) is 2. The number of halogens is 2. The standard InChI is InChI=1S/C22H28N4O2.2ClH/c1-25-11-13-26(14-12-25)22(28)16-17-5-4-7-19(15-17)24-21(27)10-9-18-6-2-3-8-20(18)23;;/h2-8,15H,9-14,16,23H2,1H3,(H,24,27);2*1H. The maximum atomic E-state index is 12.5. The second-order valence-corrected chi connectivity index (χ2v) is 7.31. The van der Waals surface area contributed by atoms with E-state index in [2.05, 4.69) is 17.3 Å². The number of anilines is 2. The second-order valence-electron chi connectivity index (χ2n) is 7.31. The average molecular weight is 453 g/mol. The van der Waals surface area contributed by atoms with Crippen LogP contribution in [0.15, 0.2) is 48.5 Å². The first-order chi connectivity index (χ1) is 13.5. The van der Waals surface area contributed by atoms with Crippen LogP contribution in [0.4, 0.5) is 11.4 Å². The third-order valence-electron chi connectivity index (χ3n) is 5.10. The molecule has 0 bridgehead atoms. The van der Waals surface area contributed by atoms with Crippen molar-refractivity contribution in [1.29, 1.82) is 0 Å². The van der Waals surface area contributed by atoms with Crippen LogP contribution in [0.25, 0.3) is 0 Å². The van der Waals surface area contributed by atoms with Crippen molar-refractivity contribution in [2.45, 2.75) is 19.3 Å². The molecule has 164 valence electrons. The van der Waals surface area contributed by atoms with Crippen molar-refractivity contribution in [1.82, 2.24) is 9.80 Å². The average Bonchev–Trinajstić information content (AvgIpc) is 2.68. The third kappa shape index (κ3) is 7.52. The Labute approximate surface area is 190 Å². The lowest BCUT2D eigenvalue weighted by Crippen LogP contribution is -2.47. The first-order valence-electron chi connectivity index (χ1n) is 9.70. The largest absolute Gasteiger partial charge is 0.399 e. The topological polar surface area (TPSA) is 78.7 Å². The number of para-hydroxylation sites is 1. The molecular weight excluding hydrogens is 423 g/mol. The molecule has 8 heteroatoms. The van der Waals surface area contributed by atoms with Crippen LogP contribution < -0.4 is 11.1 Å². The first-order valence-corrected chi connectivity index (χ1v) is 9.70. The number of benzene rings is 2. The summed E-state index contributed by atoms with van der Waals surface area (Å²) in [5.41, 5.74) is 9.24. The van der Waals surface area contributed by atoms with Crippen molar-refractivity contribution in [3.8, 4) is 0 Å². The maximum absolute atomic E-state index is 12.5. The molecule has 2 aromatic rings. The van der Waals surface area contributed by atoms with E-state index >= 15 is 0 Å². The zero-order valence-corrected chi connectivity index (χ0v) is 18.8. The molecule has 1 fully saturated rings. The van der Waals surface area contributed by atoms with Gasteiger partial charge in [-0.1, -0.05) is 30.3 Å². The predicted octanol–water partition coefficient (Wildman–Crippen LogP) is 3.00. The smallest absolute Gasteiger partial charge is 0.227 e. The normalized spacial score (nSPS) is 13.7. The van der Waals surface area contributed by atoms with E-state index in [0.29, 0.717) is 24.9 Å². The SMILES string of the molecule is CN1CCN(C(=O)Cc2cccc(NC(=O)CCc3ccccc3N)c2)CC1.Cl.Cl. The highest BCUT2D eigenvalue weighted by molar-refractivity contribution is 5.91. The number of hydrogen-bond acceptors (Lipinski definition) is 4. The molecule has 6 nitrogen and oxygen atoms in total. The van der Waals surface area contributed by atoms with E-state index in [4.69, 9.17) is 5.73 Å². The summed E-state index contributed by atoms with van der Waals surface area (Å²) in [6, 6.07) is 15.1. The van der Waals surface area contributed by atoms with Gasteiger partial charge in [-0.25, -0.2) is 0 Å². The second kappa shape index (κ2) is 12.4. The van der Waals surface area contributed by atoms with Gasteiger partial charge in [0.25, 0.3) is 0 Å². The highest BCUT2D eigenvalue weighted by Crippen LogP contribution is 2.15. The minimum absolute atomic E-state index is 0. The van der Waals surface area contributed by atoms with Crippen molar-refractivity contribution in [3.63, 3.8) is 0 Å². The van der Waals surface area contributed by atoms with Crippen molar-refractivity contribution >= 4 is 48.0 Å². The summed E-state index contributed by atoms with van der Waals surface area (Å²) in [5.74, 6) is 0.0712. The fraction of sp³-hybridized carbons (Fsp3) is 0.364. The van der Waals surface area contributed by atoms with Gasteiger partial charge in [-0.05, 0) is 42.8 Å². The van der Waals surface area contributed by atoms with Crippen LogP contribution in [0.1, 0.15) is 17.5 Å². The van der Waals surface area contributed by atoms with Gasteiger partial charge in [-0.15, -0.1) is 24.8 Å². The van der Waals surface area contributed by atoms with E-state index in [9.17, 15) is 9.59 Å². The van der Waals surface area contributed by atoms with Gasteiger partial charge in [0.15, 0.2) is 0 Å². The molecule has 0 saturated carbocycles. The van der Waals surface area contributed by atoms with Gasteiger partial charge in [0.05, 0.1) is 6.42 Å². The highest BCUT2D eigenvalue weighted by atomic mass is 35.5. The highest BCUT2D eigenvalue weighted by Gasteiger charge is 2.19. The molecule has 0 radical (unpaired) electrons. The Bertz CT molecular complexity index is 839. The quantitative estimate of drug-likeness (QED) is 0.660. The molecule has 3 rings (SSSR count). The zero-order valence-electron chi connectivity index (χ0n) is 17.2. The number of rotatable bonds is 6. The van der Waals surface area contributed by atoms with Crippen LogP contribution in [0.3, 0.4) is 0 Å². The minimum atomic E-state index is -0.0641. The molecule has 2 aromatic carbocycles. The molecule has 1 saturated heterocycles. The van der Waals surface area contributed by atoms with Gasteiger partial charge >= 0.3 is 0 Å². The summed E-state index contributed by atoms with van der Waals surface area (Å²) >= 11 is 0. The van der Waals surface area contributed by atoms with Crippen molar-refractivity contribution < 1.29 is 9.59 Å². The van der Waals surface area contributed by atoms with Crippen LogP contribution >= 0.6 is 24.8 Å². The molecule has 0 spiro atoms. The van der Waals surface area contributed by atoms with E-state index in [0.717, 1.165) is 43.0 Å². The Morgan fingerprint density at radius 1 is 1.00 bits per heavy atom. The lowest BCUT2D eigenvalue weighted by atomic mass is 10.1. The Morgan fingerprint density at radius 3 is 2.40 bits per heavy atom. The van der Waals surface area contributed by atoms with Gasteiger partial charge in [-0.3, -0.25) is 9.59 Å². The monoisotopic (exact) mass is 452 g/mol. The minimum Gasteiger partial charge on any atom is -0.399 e. The lowest BCUT2D eigenvalue weighted by Gasteiger charge is -2.32. The van der Waals surface area contributed by atoms with Gasteiger partial charge in [0.1, 0.15) is 0 Å². The van der Waals surface area contributed by atoms with Crippen molar-refractivity contribution in [3.05, 3.63) is 59.7 Å². The number of nitrogens with zero attached hydrogens (tertiary/aromatic N) is 2. The van der Waals surface area contributed by atoms with Crippen molar-refractivity contribution in [2.75, 3.05) is 44.3 Å². The molecule has 3 N–H and O–H groups in total. The molecule has 30 heavy (non-hydrogen) atoms. The van der Waals surface area contributed by atoms with Gasteiger partial charge < -0.3 is 20.9 Å². The van der Waals surface area contributed by atoms with Crippen LogP contribution in [-0.2, 0) is 22.4 Å². The van der Waals surface area contributed by atoms with Gasteiger partial charge in [0, 0.05) is 44.0 Å². The molecule has 0 unspecified atom stereocenters. The van der Waals surface area contributed by atoms with Crippen molar-refractivity contribution in [2.24, 2.45) is 0 Å². The number of nitrogens with one attached hydrogen (secondary N) is 1. The summed E-state index contributed by atoms with van der Waals surface area (Å²) in [6.45, 7) is 3.37. The molecule has 0 atom stereocenters. The molecule has 1 heterocycles. The van der Waals surface area contributed by atoms with E-state index in [1.54, 1.807) is 0 Å². The van der Waals surface area contributed by atoms with Gasteiger partial charge in [0.2, 0.25) is 11.8 Å². The van der Waals surface area contributed by atoms with E-state index < -0.39 is 0 Å². The molecule has 0 aromatic heterocycles. The number of nitrogen functional groups attached to an aromatic ring is 1. The summed E-state index contributed by atoms with van der Waals surface area (Å²) in [6.07, 6.45) is 1.31. The molecule has 1 aliphatic heterocycles. The Kier molecular flexibility index (Phi) is 10.7. The molecule has 1 aliphatic rings. The molecule has 2 amide bonds.